The van der Waals surface area contributed by atoms with E-state index >= 15 is 0 Å². The van der Waals surface area contributed by atoms with Crippen LogP contribution in [-0.4, -0.2) is 44.4 Å². The van der Waals surface area contributed by atoms with Gasteiger partial charge in [-0.2, -0.15) is 0 Å². The van der Waals surface area contributed by atoms with Gasteiger partial charge in [-0.15, -0.1) is 0 Å². The minimum Gasteiger partial charge on any atom is -0.444 e. The lowest BCUT2D eigenvalue weighted by atomic mass is 10.0. The van der Waals surface area contributed by atoms with Gasteiger partial charge in [0.05, 0.1) is 11.6 Å². The van der Waals surface area contributed by atoms with Crippen LogP contribution in [-0.2, 0) is 24.8 Å². The van der Waals surface area contributed by atoms with Crippen LogP contribution in [0.3, 0.4) is 0 Å². The molecule has 1 atom stereocenters. The molecule has 1 unspecified atom stereocenters. The molecule has 0 heterocycles. The molecule has 2 N–H and O–H groups in total. The van der Waals surface area contributed by atoms with Gasteiger partial charge in [0.25, 0.3) is 0 Å². The first kappa shape index (κ1) is 25.5. The summed E-state index contributed by atoms with van der Waals surface area (Å²) in [4.78, 5) is 24.9. The Hall–Kier alpha value is -1.54. The standard InChI is InChI=1S/C20H30Cl2N2O5/c1-12(2)16(24-18(26)29-19(3,4)5)17(25)23-11-20(27-6,28-7)14-9-8-13(21)10-15(14)22/h8-10,12,16H,11H2,1-7H3,(H,23,25)(H,24,26). The van der Waals surface area contributed by atoms with E-state index in [1.807, 2.05) is 13.8 Å². The fourth-order valence-corrected chi connectivity index (χ4v) is 3.18. The van der Waals surface area contributed by atoms with E-state index in [2.05, 4.69) is 10.6 Å². The topological polar surface area (TPSA) is 85.9 Å². The Morgan fingerprint density at radius 3 is 2.14 bits per heavy atom. The smallest absolute Gasteiger partial charge is 0.408 e. The lowest BCUT2D eigenvalue weighted by molar-refractivity contribution is -0.212. The summed E-state index contributed by atoms with van der Waals surface area (Å²) in [5, 5.41) is 6.17. The molecule has 0 spiro atoms. The molecule has 0 aliphatic rings. The van der Waals surface area contributed by atoms with Gasteiger partial charge in [0.15, 0.2) is 0 Å². The van der Waals surface area contributed by atoms with Gasteiger partial charge in [0.2, 0.25) is 11.7 Å². The lowest BCUT2D eigenvalue weighted by Crippen LogP contribution is -2.53. The number of rotatable bonds is 8. The molecule has 1 rings (SSSR count). The van der Waals surface area contributed by atoms with Crippen molar-refractivity contribution < 1.29 is 23.8 Å². The molecule has 1 aromatic rings. The SMILES string of the molecule is COC(CNC(=O)C(NC(=O)OC(C)(C)C)C(C)C)(OC)c1ccc(Cl)cc1Cl. The first-order valence-electron chi connectivity index (χ1n) is 9.18. The Bertz CT molecular complexity index is 715. The first-order chi connectivity index (χ1) is 13.3. The van der Waals surface area contributed by atoms with Crippen LogP contribution in [0.4, 0.5) is 4.79 Å². The molecule has 0 aromatic heterocycles. The van der Waals surface area contributed by atoms with Gasteiger partial charge in [-0.05, 0) is 38.8 Å². The van der Waals surface area contributed by atoms with Gasteiger partial charge in [-0.25, -0.2) is 4.79 Å². The number of benzene rings is 1. The largest absolute Gasteiger partial charge is 0.444 e. The molecule has 0 saturated heterocycles. The summed E-state index contributed by atoms with van der Waals surface area (Å²) in [5.74, 6) is -1.92. The van der Waals surface area contributed by atoms with Gasteiger partial charge < -0.3 is 24.8 Å². The number of carbonyl (C=O) groups is 2. The summed E-state index contributed by atoms with van der Waals surface area (Å²) >= 11 is 12.3. The number of carbonyl (C=O) groups excluding carboxylic acids is 2. The van der Waals surface area contributed by atoms with Gasteiger partial charge in [0, 0.05) is 24.8 Å². The second-order valence-electron chi connectivity index (χ2n) is 7.87. The van der Waals surface area contributed by atoms with E-state index in [4.69, 9.17) is 37.4 Å². The van der Waals surface area contributed by atoms with Crippen molar-refractivity contribution >= 4 is 35.2 Å². The molecule has 0 bridgehead atoms. The molecular weight excluding hydrogens is 419 g/mol. The van der Waals surface area contributed by atoms with Crippen LogP contribution in [0.5, 0.6) is 0 Å². The van der Waals surface area contributed by atoms with Crippen LogP contribution < -0.4 is 10.6 Å². The van der Waals surface area contributed by atoms with Crippen molar-refractivity contribution in [1.29, 1.82) is 0 Å². The predicted molar refractivity (Wildman–Crippen MR) is 113 cm³/mol. The number of alkyl carbamates (subject to hydrolysis) is 1. The number of ether oxygens (including phenoxy) is 3. The van der Waals surface area contributed by atoms with Crippen molar-refractivity contribution in [2.24, 2.45) is 5.92 Å². The van der Waals surface area contributed by atoms with Crippen molar-refractivity contribution in [2.45, 2.75) is 52.0 Å². The summed E-state index contributed by atoms with van der Waals surface area (Å²) in [6, 6.07) is 4.08. The average molecular weight is 449 g/mol. The normalized spacial score (nSPS) is 13.2. The lowest BCUT2D eigenvalue weighted by Gasteiger charge is -2.33. The Morgan fingerprint density at radius 2 is 1.69 bits per heavy atom. The molecule has 0 fully saturated rings. The van der Waals surface area contributed by atoms with E-state index in [0.717, 1.165) is 0 Å². The van der Waals surface area contributed by atoms with Crippen LogP contribution in [0.1, 0.15) is 40.2 Å². The number of amides is 2. The Labute approximate surface area is 182 Å². The zero-order valence-electron chi connectivity index (χ0n) is 17.9. The van der Waals surface area contributed by atoms with Crippen LogP contribution in [0, 0.1) is 5.92 Å². The summed E-state index contributed by atoms with van der Waals surface area (Å²) in [6.45, 7) is 8.84. The second kappa shape index (κ2) is 10.5. The molecule has 2 amide bonds. The maximum atomic E-state index is 12.8. The molecule has 9 heteroatoms. The number of nitrogens with one attached hydrogen (secondary N) is 2. The van der Waals surface area contributed by atoms with Crippen molar-refractivity contribution in [3.8, 4) is 0 Å². The zero-order chi connectivity index (χ0) is 22.4. The molecule has 0 aliphatic carbocycles. The number of hydrogen-bond acceptors (Lipinski definition) is 5. The quantitative estimate of drug-likeness (QED) is 0.584. The summed E-state index contributed by atoms with van der Waals surface area (Å²) in [5.41, 5.74) is -0.163. The predicted octanol–water partition coefficient (Wildman–Crippen LogP) is 4.10. The highest BCUT2D eigenvalue weighted by Gasteiger charge is 2.36. The maximum absolute atomic E-state index is 12.8. The summed E-state index contributed by atoms with van der Waals surface area (Å²) in [7, 11) is 2.89. The Kier molecular flexibility index (Phi) is 9.21. The fraction of sp³-hybridized carbons (Fsp3) is 0.600. The van der Waals surface area contributed by atoms with Crippen molar-refractivity contribution in [3.63, 3.8) is 0 Å². The second-order valence-corrected chi connectivity index (χ2v) is 8.71. The highest BCUT2D eigenvalue weighted by molar-refractivity contribution is 6.35. The molecule has 0 radical (unpaired) electrons. The van der Waals surface area contributed by atoms with Crippen molar-refractivity contribution in [1.82, 2.24) is 10.6 Å². The minimum atomic E-state index is -1.33. The molecular formula is C20H30Cl2N2O5. The van der Waals surface area contributed by atoms with Gasteiger partial charge in [-0.3, -0.25) is 4.79 Å². The van der Waals surface area contributed by atoms with Gasteiger partial charge >= 0.3 is 6.09 Å². The zero-order valence-corrected chi connectivity index (χ0v) is 19.4. The van der Waals surface area contributed by atoms with Gasteiger partial charge in [-0.1, -0.05) is 43.1 Å². The van der Waals surface area contributed by atoms with E-state index in [-0.39, 0.29) is 12.5 Å². The molecule has 1 aromatic carbocycles. The van der Waals surface area contributed by atoms with Crippen molar-refractivity contribution in [3.05, 3.63) is 33.8 Å². The van der Waals surface area contributed by atoms with E-state index < -0.39 is 29.4 Å². The van der Waals surface area contributed by atoms with Crippen LogP contribution in [0.25, 0.3) is 0 Å². The maximum Gasteiger partial charge on any atom is 0.408 e. The number of halogens is 2. The van der Waals surface area contributed by atoms with E-state index in [9.17, 15) is 9.59 Å². The molecule has 7 nitrogen and oxygen atoms in total. The van der Waals surface area contributed by atoms with Crippen molar-refractivity contribution in [2.75, 3.05) is 20.8 Å². The molecule has 164 valence electrons. The Balaban J connectivity index is 2.97. The number of methoxy groups -OCH3 is 2. The monoisotopic (exact) mass is 448 g/mol. The number of hydrogen-bond donors (Lipinski definition) is 2. The van der Waals surface area contributed by atoms with E-state index in [0.29, 0.717) is 15.6 Å². The molecule has 29 heavy (non-hydrogen) atoms. The van der Waals surface area contributed by atoms with Gasteiger partial charge in [0.1, 0.15) is 11.6 Å². The highest BCUT2D eigenvalue weighted by atomic mass is 35.5. The molecule has 0 saturated carbocycles. The third kappa shape index (κ3) is 7.33. The summed E-state index contributed by atoms with van der Waals surface area (Å²) < 4.78 is 16.4. The van der Waals surface area contributed by atoms with Crippen LogP contribution in [0.2, 0.25) is 10.0 Å². The van der Waals surface area contributed by atoms with E-state index in [1.54, 1.807) is 39.0 Å². The fourth-order valence-electron chi connectivity index (χ4n) is 2.62. The third-order valence-corrected chi connectivity index (χ3v) is 4.67. The average Bonchev–Trinajstić information content (AvgIpc) is 2.60. The minimum absolute atomic E-state index is 0.0423. The van der Waals surface area contributed by atoms with E-state index in [1.165, 1.54) is 14.2 Å². The third-order valence-electron chi connectivity index (χ3n) is 4.12. The van der Waals surface area contributed by atoms with Crippen LogP contribution in [0.15, 0.2) is 18.2 Å². The molecule has 0 aliphatic heterocycles. The van der Waals surface area contributed by atoms with Crippen LogP contribution >= 0.6 is 23.2 Å². The highest BCUT2D eigenvalue weighted by Crippen LogP contribution is 2.33. The Morgan fingerprint density at radius 1 is 1.10 bits per heavy atom. The first-order valence-corrected chi connectivity index (χ1v) is 9.94. The summed E-state index contributed by atoms with van der Waals surface area (Å²) in [6.07, 6.45) is -0.670.